The van der Waals surface area contributed by atoms with E-state index in [0.29, 0.717) is 17.3 Å². The number of carboxylic acids is 1. The fraction of sp³-hybridized carbons (Fsp3) is 0. The first kappa shape index (κ1) is 15.2. The van der Waals surface area contributed by atoms with Crippen LogP contribution in [0.3, 0.4) is 0 Å². The molecule has 4 N–H and O–H groups in total. The molecule has 2 aromatic heterocycles. The van der Waals surface area contributed by atoms with Gasteiger partial charge in [0.2, 0.25) is 5.88 Å². The Labute approximate surface area is 137 Å². The van der Waals surface area contributed by atoms with Crippen LogP contribution in [0.2, 0.25) is 0 Å². The Morgan fingerprint density at radius 2 is 1.96 bits per heavy atom. The Kier molecular flexibility index (Phi) is 4.19. The fourth-order valence-electron chi connectivity index (χ4n) is 1.91. The molecule has 0 fully saturated rings. The SMILES string of the molecule is Nc1c(Nc2ccc(C(=O)O)cc2)ncnc1Oc1cccnc1. The second kappa shape index (κ2) is 6.61. The lowest BCUT2D eigenvalue weighted by atomic mass is 10.2. The third kappa shape index (κ3) is 3.38. The maximum Gasteiger partial charge on any atom is 0.335 e. The van der Waals surface area contributed by atoms with Crippen LogP contribution in [0.25, 0.3) is 0 Å². The molecule has 24 heavy (non-hydrogen) atoms. The minimum absolute atomic E-state index is 0.191. The topological polar surface area (TPSA) is 123 Å². The summed E-state index contributed by atoms with van der Waals surface area (Å²) in [5, 5.41) is 11.9. The number of nitrogen functional groups attached to an aromatic ring is 1. The number of nitrogens with one attached hydrogen (secondary N) is 1. The molecule has 3 rings (SSSR count). The van der Waals surface area contributed by atoms with Crippen molar-refractivity contribution < 1.29 is 14.6 Å². The van der Waals surface area contributed by atoms with Crippen molar-refractivity contribution >= 4 is 23.2 Å². The minimum atomic E-state index is -0.991. The fourth-order valence-corrected chi connectivity index (χ4v) is 1.91. The van der Waals surface area contributed by atoms with Crippen LogP contribution in [0.5, 0.6) is 11.6 Å². The van der Waals surface area contributed by atoms with Crippen LogP contribution in [-0.4, -0.2) is 26.0 Å². The lowest BCUT2D eigenvalue weighted by Gasteiger charge is -2.11. The molecule has 0 saturated carbocycles. The summed E-state index contributed by atoms with van der Waals surface area (Å²) in [5.74, 6) is 0.0598. The number of pyridine rings is 1. The van der Waals surface area contributed by atoms with Crippen molar-refractivity contribution in [1.82, 2.24) is 15.0 Å². The summed E-state index contributed by atoms with van der Waals surface area (Å²) in [7, 11) is 0. The van der Waals surface area contributed by atoms with Crippen LogP contribution in [0, 0.1) is 0 Å². The van der Waals surface area contributed by atoms with Gasteiger partial charge in [0.05, 0.1) is 11.8 Å². The van der Waals surface area contributed by atoms with E-state index in [1.165, 1.54) is 18.5 Å². The van der Waals surface area contributed by atoms with Gasteiger partial charge >= 0.3 is 5.97 Å². The predicted molar refractivity (Wildman–Crippen MR) is 87.4 cm³/mol. The summed E-state index contributed by atoms with van der Waals surface area (Å²) in [6.07, 6.45) is 4.49. The maximum atomic E-state index is 10.9. The maximum absolute atomic E-state index is 10.9. The Morgan fingerprint density at radius 3 is 2.62 bits per heavy atom. The average Bonchev–Trinajstić information content (AvgIpc) is 2.60. The molecule has 0 radical (unpaired) electrons. The van der Waals surface area contributed by atoms with Gasteiger partial charge in [-0.15, -0.1) is 0 Å². The molecule has 8 heteroatoms. The number of ether oxygens (including phenoxy) is 1. The van der Waals surface area contributed by atoms with Crippen LogP contribution in [0.1, 0.15) is 10.4 Å². The number of benzene rings is 1. The standard InChI is InChI=1S/C16H13N5O3/c17-13-14(21-11-5-3-10(4-6-11)16(22)23)19-9-20-15(13)24-12-2-1-7-18-8-12/h1-9H,17H2,(H,22,23)(H,19,20,21). The molecule has 120 valence electrons. The van der Waals surface area contributed by atoms with Gasteiger partial charge in [-0.1, -0.05) is 0 Å². The molecule has 0 bridgehead atoms. The van der Waals surface area contributed by atoms with Gasteiger partial charge in [0.1, 0.15) is 17.8 Å². The van der Waals surface area contributed by atoms with Crippen LogP contribution >= 0.6 is 0 Å². The van der Waals surface area contributed by atoms with Crippen molar-refractivity contribution in [3.05, 3.63) is 60.7 Å². The van der Waals surface area contributed by atoms with E-state index < -0.39 is 5.97 Å². The predicted octanol–water partition coefficient (Wildman–Crippen LogP) is 2.69. The molecule has 0 atom stereocenters. The molecule has 0 spiro atoms. The van der Waals surface area contributed by atoms with Crippen LogP contribution < -0.4 is 15.8 Å². The summed E-state index contributed by atoms with van der Waals surface area (Å²) in [4.78, 5) is 22.9. The van der Waals surface area contributed by atoms with E-state index in [-0.39, 0.29) is 17.1 Å². The molecule has 8 nitrogen and oxygen atoms in total. The second-order valence-electron chi connectivity index (χ2n) is 4.74. The normalized spacial score (nSPS) is 10.2. The van der Waals surface area contributed by atoms with Crippen molar-refractivity contribution in [3.63, 3.8) is 0 Å². The number of aromatic carboxylic acids is 1. The third-order valence-corrected chi connectivity index (χ3v) is 3.09. The highest BCUT2D eigenvalue weighted by Crippen LogP contribution is 2.30. The third-order valence-electron chi connectivity index (χ3n) is 3.09. The number of rotatable bonds is 5. The molecular weight excluding hydrogens is 310 g/mol. The molecule has 0 amide bonds. The summed E-state index contributed by atoms with van der Waals surface area (Å²) >= 11 is 0. The van der Waals surface area contributed by atoms with Crippen molar-refractivity contribution in [3.8, 4) is 11.6 Å². The second-order valence-corrected chi connectivity index (χ2v) is 4.74. The molecular formula is C16H13N5O3. The van der Waals surface area contributed by atoms with E-state index in [4.69, 9.17) is 15.6 Å². The van der Waals surface area contributed by atoms with Crippen LogP contribution in [0.4, 0.5) is 17.2 Å². The van der Waals surface area contributed by atoms with Gasteiger partial charge in [0, 0.05) is 11.9 Å². The highest BCUT2D eigenvalue weighted by Gasteiger charge is 2.11. The Bertz CT molecular complexity index is 853. The van der Waals surface area contributed by atoms with Crippen LogP contribution in [-0.2, 0) is 0 Å². The van der Waals surface area contributed by atoms with E-state index in [0.717, 1.165) is 0 Å². The van der Waals surface area contributed by atoms with Gasteiger partial charge in [0.15, 0.2) is 5.82 Å². The highest BCUT2D eigenvalue weighted by atomic mass is 16.5. The Hall–Kier alpha value is -3.68. The van der Waals surface area contributed by atoms with Crippen LogP contribution in [0.15, 0.2) is 55.1 Å². The monoisotopic (exact) mass is 323 g/mol. The summed E-state index contributed by atoms with van der Waals surface area (Å²) in [5.41, 5.74) is 7.08. The van der Waals surface area contributed by atoms with E-state index in [2.05, 4.69) is 20.3 Å². The van der Waals surface area contributed by atoms with Gasteiger partial charge in [-0.25, -0.2) is 9.78 Å². The summed E-state index contributed by atoms with van der Waals surface area (Å²) < 4.78 is 5.58. The Morgan fingerprint density at radius 1 is 1.17 bits per heavy atom. The van der Waals surface area contributed by atoms with Gasteiger partial charge in [-0.3, -0.25) is 4.98 Å². The first-order valence-corrected chi connectivity index (χ1v) is 6.92. The molecule has 0 aliphatic rings. The van der Waals surface area contributed by atoms with E-state index >= 15 is 0 Å². The summed E-state index contributed by atoms with van der Waals surface area (Å²) in [6.45, 7) is 0. The van der Waals surface area contributed by atoms with Gasteiger partial charge in [-0.05, 0) is 36.4 Å². The number of hydrogen-bond donors (Lipinski definition) is 3. The number of nitrogens with two attached hydrogens (primary N) is 1. The highest BCUT2D eigenvalue weighted by molar-refractivity contribution is 5.88. The number of aromatic nitrogens is 3. The van der Waals surface area contributed by atoms with Crippen molar-refractivity contribution in [2.75, 3.05) is 11.1 Å². The van der Waals surface area contributed by atoms with Gasteiger partial charge in [-0.2, -0.15) is 4.98 Å². The summed E-state index contributed by atoms with van der Waals surface area (Å²) in [6, 6.07) is 9.66. The molecule has 0 saturated heterocycles. The zero-order chi connectivity index (χ0) is 16.9. The van der Waals surface area contributed by atoms with Crippen molar-refractivity contribution in [1.29, 1.82) is 0 Å². The number of hydrogen-bond acceptors (Lipinski definition) is 7. The zero-order valence-corrected chi connectivity index (χ0v) is 12.4. The molecule has 1 aromatic carbocycles. The zero-order valence-electron chi connectivity index (χ0n) is 12.4. The number of carboxylic acid groups (broad SMARTS) is 1. The van der Waals surface area contributed by atoms with E-state index in [1.54, 1.807) is 36.7 Å². The van der Waals surface area contributed by atoms with Gasteiger partial charge < -0.3 is 20.9 Å². The number of anilines is 3. The van der Waals surface area contributed by atoms with Crippen molar-refractivity contribution in [2.24, 2.45) is 0 Å². The molecule has 0 unspecified atom stereocenters. The Balaban J connectivity index is 1.81. The number of nitrogens with zero attached hydrogens (tertiary/aromatic N) is 3. The minimum Gasteiger partial charge on any atom is -0.478 e. The average molecular weight is 323 g/mol. The lowest BCUT2D eigenvalue weighted by Crippen LogP contribution is -2.03. The molecule has 0 aliphatic carbocycles. The molecule has 3 aromatic rings. The van der Waals surface area contributed by atoms with Crippen molar-refractivity contribution in [2.45, 2.75) is 0 Å². The molecule has 0 aliphatic heterocycles. The lowest BCUT2D eigenvalue weighted by molar-refractivity contribution is 0.0697. The molecule has 2 heterocycles. The first-order chi connectivity index (χ1) is 11.6. The number of carbonyl (C=O) groups is 1. The van der Waals surface area contributed by atoms with E-state index in [1.807, 2.05) is 0 Å². The quantitative estimate of drug-likeness (QED) is 0.655. The van der Waals surface area contributed by atoms with Gasteiger partial charge in [0.25, 0.3) is 0 Å². The smallest absolute Gasteiger partial charge is 0.335 e. The largest absolute Gasteiger partial charge is 0.478 e. The van der Waals surface area contributed by atoms with E-state index in [9.17, 15) is 4.79 Å². The first-order valence-electron chi connectivity index (χ1n) is 6.92.